The average molecular weight is 537 g/mol. The summed E-state index contributed by atoms with van der Waals surface area (Å²) in [5.41, 5.74) is 8.89. The molecular weight excluding hydrogens is 494 g/mol. The second-order valence-electron chi connectivity index (χ2n) is 12.5. The quantitative estimate of drug-likeness (QED) is 0.244. The molecule has 1 heterocycles. The van der Waals surface area contributed by atoms with Crippen LogP contribution in [0.4, 0.5) is 0 Å². The summed E-state index contributed by atoms with van der Waals surface area (Å²) in [5.74, 6) is 0.844. The van der Waals surface area contributed by atoms with Crippen LogP contribution < -0.4 is 9.83 Å². The van der Waals surface area contributed by atoms with Crippen LogP contribution in [-0.4, -0.2) is 13.3 Å². The van der Waals surface area contributed by atoms with Crippen molar-refractivity contribution in [2.75, 3.05) is 13.3 Å². The van der Waals surface area contributed by atoms with Gasteiger partial charge < -0.3 is 12.9 Å². The van der Waals surface area contributed by atoms with Crippen molar-refractivity contribution in [1.82, 2.24) is 0 Å². The Hall–Kier alpha value is -2.21. The zero-order valence-electron chi connectivity index (χ0n) is 24.6. The summed E-state index contributed by atoms with van der Waals surface area (Å²) < 4.78 is 20.4. The van der Waals surface area contributed by atoms with Gasteiger partial charge >= 0.3 is 8.24 Å². The van der Waals surface area contributed by atoms with Crippen molar-refractivity contribution in [1.29, 1.82) is 0 Å². The second-order valence-corrected chi connectivity index (χ2v) is 15.8. The summed E-state index contributed by atoms with van der Waals surface area (Å²) in [6.07, 6.45) is 0. The normalized spacial score (nSPS) is 12.6. The summed E-state index contributed by atoms with van der Waals surface area (Å²) in [4.78, 5) is 0. The Morgan fingerprint density at radius 2 is 1.14 bits per heavy atom. The van der Waals surface area contributed by atoms with Crippen LogP contribution in [0.15, 0.2) is 44.8 Å². The van der Waals surface area contributed by atoms with E-state index in [1.54, 1.807) is 0 Å². The first-order chi connectivity index (χ1) is 17.1. The molecule has 0 atom stereocenters. The Labute approximate surface area is 225 Å². The summed E-state index contributed by atoms with van der Waals surface area (Å²) in [5, 5.41) is 3.49. The first-order valence-corrected chi connectivity index (χ1v) is 16.3. The number of benzene rings is 3. The van der Waals surface area contributed by atoms with E-state index in [1.807, 2.05) is 12.1 Å². The van der Waals surface area contributed by atoms with Gasteiger partial charge in [-0.05, 0) is 80.2 Å². The molecule has 0 bridgehead atoms. The molecule has 4 rings (SSSR count). The van der Waals surface area contributed by atoms with Crippen LogP contribution in [0.3, 0.4) is 0 Å². The number of aryl methyl sites for hydroxylation is 4. The largest absolute Gasteiger partial charge is 0.453 e. The average Bonchev–Trinajstić information content (AvgIpc) is 2.94. The van der Waals surface area contributed by atoms with Crippen LogP contribution in [-0.2, 0) is 10.8 Å². The zero-order valence-corrected chi connectivity index (χ0v) is 26.4. The first kappa shape index (κ1) is 27.8. The van der Waals surface area contributed by atoms with Gasteiger partial charge in [-0.1, -0.05) is 79.8 Å². The minimum Gasteiger partial charge on any atom is -0.390 e. The molecule has 3 nitrogen and oxygen atoms in total. The lowest BCUT2D eigenvalue weighted by Gasteiger charge is -2.23. The van der Waals surface area contributed by atoms with Crippen molar-refractivity contribution in [2.24, 2.45) is 0 Å². The third-order valence-corrected chi connectivity index (χ3v) is 9.66. The van der Waals surface area contributed by atoms with E-state index in [2.05, 4.69) is 107 Å². The minimum absolute atomic E-state index is 0.113. The Kier molecular flexibility index (Phi) is 7.39. The van der Waals surface area contributed by atoms with E-state index in [0.717, 1.165) is 27.7 Å². The summed E-state index contributed by atoms with van der Waals surface area (Å²) >= 11 is 0. The minimum atomic E-state index is -1.75. The monoisotopic (exact) mass is 536 g/mol. The topological polar surface area (TPSA) is 35.5 Å². The Bertz CT molecular complexity index is 1440. The summed E-state index contributed by atoms with van der Waals surface area (Å²) in [6, 6.07) is 12.9. The molecule has 0 saturated heterocycles. The highest BCUT2D eigenvalue weighted by Gasteiger charge is 2.27. The lowest BCUT2D eigenvalue weighted by atomic mass is 9.81. The molecule has 0 aliphatic heterocycles. The highest BCUT2D eigenvalue weighted by atomic mass is 31.1. The SMILES string of the molecule is Cc1cc(C(C)(C)C)c2op(Oc3ccccc3P(C)C)oc3c(C(C)(C)C)cc(C)c(C)c3c2c1C. The lowest BCUT2D eigenvalue weighted by Crippen LogP contribution is -2.13. The number of para-hydroxylation sites is 1. The summed E-state index contributed by atoms with van der Waals surface area (Å²) in [7, 11) is -2.10. The molecule has 0 spiro atoms. The molecule has 0 saturated carbocycles. The Balaban J connectivity index is 2.29. The van der Waals surface area contributed by atoms with E-state index in [1.165, 1.54) is 38.7 Å². The molecular formula is C32H42O3P2. The molecule has 4 aromatic rings. The van der Waals surface area contributed by atoms with Crippen molar-refractivity contribution in [2.45, 2.75) is 80.1 Å². The standard InChI is InChI=1S/C32H42O3P2/c1-19-17-23(31(5,6)7)29-27(21(19)3)28-22(4)20(2)18-24(32(8,9)10)30(28)35-37(34-29)33-25-15-13-14-16-26(25)36(11)12/h13-18H,1-12H3. The Morgan fingerprint density at radius 1 is 0.703 bits per heavy atom. The van der Waals surface area contributed by atoms with Gasteiger partial charge in [-0.25, -0.2) is 0 Å². The van der Waals surface area contributed by atoms with E-state index in [4.69, 9.17) is 12.9 Å². The van der Waals surface area contributed by atoms with Gasteiger partial charge in [-0.2, -0.15) is 0 Å². The van der Waals surface area contributed by atoms with E-state index in [0.29, 0.717) is 0 Å². The molecule has 37 heavy (non-hydrogen) atoms. The van der Waals surface area contributed by atoms with Crippen molar-refractivity contribution < 1.29 is 12.9 Å². The molecule has 0 unspecified atom stereocenters. The molecule has 0 N–H and O–H groups in total. The van der Waals surface area contributed by atoms with Crippen LogP contribution in [0.1, 0.15) is 74.9 Å². The number of hydrogen-bond acceptors (Lipinski definition) is 3. The fourth-order valence-corrected chi connectivity index (χ4v) is 7.01. The number of fused-ring (bicyclic) bond motifs is 3. The van der Waals surface area contributed by atoms with Crippen molar-refractivity contribution in [3.05, 3.63) is 69.8 Å². The van der Waals surface area contributed by atoms with Gasteiger partial charge in [-0.15, -0.1) is 0 Å². The van der Waals surface area contributed by atoms with Crippen LogP contribution in [0.5, 0.6) is 5.75 Å². The zero-order chi connectivity index (χ0) is 27.4. The maximum Gasteiger partial charge on any atom is 0.453 e. The molecule has 0 aliphatic carbocycles. The molecule has 1 aromatic heterocycles. The molecule has 5 heteroatoms. The molecule has 0 amide bonds. The third-order valence-electron chi connectivity index (χ3n) is 7.32. The van der Waals surface area contributed by atoms with E-state index in [9.17, 15) is 0 Å². The predicted octanol–water partition coefficient (Wildman–Crippen LogP) is 10.3. The van der Waals surface area contributed by atoms with Gasteiger partial charge in [0.05, 0.1) is 0 Å². The van der Waals surface area contributed by atoms with Crippen LogP contribution >= 0.6 is 16.2 Å². The fraction of sp³-hybridized carbons (Fsp3) is 0.438. The summed E-state index contributed by atoms with van der Waals surface area (Å²) in [6.45, 7) is 26.8. The molecule has 3 aromatic carbocycles. The van der Waals surface area contributed by atoms with E-state index >= 15 is 0 Å². The van der Waals surface area contributed by atoms with Gasteiger partial charge in [0.1, 0.15) is 16.9 Å². The molecule has 0 aliphatic rings. The van der Waals surface area contributed by atoms with Crippen LogP contribution in [0.25, 0.3) is 21.9 Å². The first-order valence-electron chi connectivity index (χ1n) is 13.0. The molecule has 0 fully saturated rings. The van der Waals surface area contributed by atoms with Crippen LogP contribution in [0.2, 0.25) is 0 Å². The van der Waals surface area contributed by atoms with Gasteiger partial charge in [0.15, 0.2) is 0 Å². The lowest BCUT2D eigenvalue weighted by molar-refractivity contribution is 0.491. The third kappa shape index (κ3) is 5.23. The van der Waals surface area contributed by atoms with E-state index < -0.39 is 8.24 Å². The smallest absolute Gasteiger partial charge is 0.390 e. The highest BCUT2D eigenvalue weighted by Crippen LogP contribution is 2.46. The van der Waals surface area contributed by atoms with Gasteiger partial charge in [0.2, 0.25) is 0 Å². The molecule has 0 radical (unpaired) electrons. The maximum atomic E-state index is 6.86. The Morgan fingerprint density at radius 3 is 1.54 bits per heavy atom. The van der Waals surface area contributed by atoms with E-state index in [-0.39, 0.29) is 18.8 Å². The van der Waals surface area contributed by atoms with Gasteiger partial charge in [0, 0.05) is 27.2 Å². The fourth-order valence-electron chi connectivity index (χ4n) is 4.88. The maximum absolute atomic E-state index is 6.86. The molecule has 198 valence electrons. The van der Waals surface area contributed by atoms with Crippen molar-refractivity contribution >= 4 is 43.4 Å². The van der Waals surface area contributed by atoms with Crippen molar-refractivity contribution in [3.8, 4) is 5.75 Å². The van der Waals surface area contributed by atoms with Gasteiger partial charge in [-0.3, -0.25) is 0 Å². The van der Waals surface area contributed by atoms with Crippen LogP contribution in [0, 0.1) is 27.7 Å². The number of hydrogen-bond donors (Lipinski definition) is 0. The van der Waals surface area contributed by atoms with Gasteiger partial charge in [0.25, 0.3) is 0 Å². The highest BCUT2D eigenvalue weighted by molar-refractivity contribution is 7.64. The predicted molar refractivity (Wildman–Crippen MR) is 164 cm³/mol. The second kappa shape index (κ2) is 9.83. The van der Waals surface area contributed by atoms with Crippen molar-refractivity contribution in [3.63, 3.8) is 0 Å². The number of rotatable bonds is 3.